The fourth-order valence-electron chi connectivity index (χ4n) is 6.63. The standard InChI is InChI=1S/C35H38N6O2/c1-23-19-32-36-21-28-20-31(25-5-3-2-4-6-25)33(38-34(28)41(32)39-23)26-9-7-24(8-10-26)22-40-17-15-27(16-18-40)35(43)37-29-11-13-30(42)14-12-29/h2-10,19-21,27,29-30,42H,11-18,22H2,1H3,(H,37,43)/t29-,30-. The molecule has 1 amide bonds. The molecule has 1 saturated heterocycles. The van der Waals surface area contributed by atoms with Crippen LogP contribution in [0, 0.1) is 12.8 Å². The molecule has 0 atom stereocenters. The number of fused-ring (bicyclic) bond motifs is 3. The zero-order valence-corrected chi connectivity index (χ0v) is 24.6. The van der Waals surface area contributed by atoms with Crippen LogP contribution in [0.3, 0.4) is 0 Å². The Balaban J connectivity index is 1.07. The highest BCUT2D eigenvalue weighted by molar-refractivity contribution is 5.90. The summed E-state index contributed by atoms with van der Waals surface area (Å²) in [6.45, 7) is 4.67. The molecule has 0 unspecified atom stereocenters. The average Bonchev–Trinajstić information content (AvgIpc) is 3.43. The first-order valence-electron chi connectivity index (χ1n) is 15.5. The third-order valence-electron chi connectivity index (χ3n) is 9.10. The Kier molecular flexibility index (Phi) is 7.63. The van der Waals surface area contributed by atoms with Gasteiger partial charge in [0.2, 0.25) is 5.91 Å². The predicted octanol–water partition coefficient (Wildman–Crippen LogP) is 5.55. The second kappa shape index (κ2) is 11.9. The molecule has 220 valence electrons. The molecular weight excluding hydrogens is 536 g/mol. The van der Waals surface area contributed by atoms with Gasteiger partial charge in [0.05, 0.1) is 17.5 Å². The summed E-state index contributed by atoms with van der Waals surface area (Å²) in [5.74, 6) is 0.280. The lowest BCUT2D eigenvalue weighted by molar-refractivity contribution is -0.127. The molecule has 4 heterocycles. The topological polar surface area (TPSA) is 95.7 Å². The average molecular weight is 575 g/mol. The van der Waals surface area contributed by atoms with Crippen molar-refractivity contribution in [1.82, 2.24) is 29.8 Å². The smallest absolute Gasteiger partial charge is 0.223 e. The van der Waals surface area contributed by atoms with Gasteiger partial charge in [-0.25, -0.2) is 9.97 Å². The molecule has 1 aliphatic carbocycles. The van der Waals surface area contributed by atoms with Crippen molar-refractivity contribution >= 4 is 22.6 Å². The number of aromatic nitrogens is 4. The van der Waals surface area contributed by atoms with E-state index >= 15 is 0 Å². The Hall–Kier alpha value is -4.14. The first kappa shape index (κ1) is 27.7. The van der Waals surface area contributed by atoms with Gasteiger partial charge in [-0.15, -0.1) is 0 Å². The fourth-order valence-corrected chi connectivity index (χ4v) is 6.63. The minimum atomic E-state index is -0.199. The first-order valence-corrected chi connectivity index (χ1v) is 15.5. The number of amides is 1. The Morgan fingerprint density at radius 1 is 0.930 bits per heavy atom. The number of nitrogens with one attached hydrogen (secondary N) is 1. The number of carbonyl (C=O) groups excluding carboxylic acids is 1. The minimum Gasteiger partial charge on any atom is -0.393 e. The zero-order chi connectivity index (χ0) is 29.3. The van der Waals surface area contributed by atoms with Crippen molar-refractivity contribution in [3.05, 3.63) is 84.2 Å². The van der Waals surface area contributed by atoms with Gasteiger partial charge < -0.3 is 10.4 Å². The van der Waals surface area contributed by atoms with Crippen LogP contribution in [0.5, 0.6) is 0 Å². The van der Waals surface area contributed by atoms with Crippen LogP contribution in [0.4, 0.5) is 0 Å². The van der Waals surface area contributed by atoms with Crippen LogP contribution in [0.15, 0.2) is 72.9 Å². The number of aryl methyl sites for hydroxylation is 1. The molecule has 8 heteroatoms. The number of pyridine rings is 1. The summed E-state index contributed by atoms with van der Waals surface area (Å²) in [6.07, 6.45) is 6.80. The number of nitrogens with zero attached hydrogens (tertiary/aromatic N) is 5. The van der Waals surface area contributed by atoms with Gasteiger partial charge in [0.25, 0.3) is 0 Å². The van der Waals surface area contributed by atoms with E-state index < -0.39 is 0 Å². The van der Waals surface area contributed by atoms with E-state index in [-0.39, 0.29) is 24.0 Å². The summed E-state index contributed by atoms with van der Waals surface area (Å²) in [5, 5.41) is 18.6. The maximum atomic E-state index is 12.9. The normalized spacial score (nSPS) is 20.0. The highest BCUT2D eigenvalue weighted by Gasteiger charge is 2.28. The zero-order valence-electron chi connectivity index (χ0n) is 24.6. The molecule has 8 nitrogen and oxygen atoms in total. The molecule has 1 saturated carbocycles. The molecular formula is C35H38N6O2. The van der Waals surface area contributed by atoms with Crippen LogP contribution >= 0.6 is 0 Å². The molecule has 0 bridgehead atoms. The largest absolute Gasteiger partial charge is 0.393 e. The third kappa shape index (κ3) is 5.90. The molecule has 3 aromatic heterocycles. The summed E-state index contributed by atoms with van der Waals surface area (Å²) < 4.78 is 1.83. The van der Waals surface area contributed by atoms with Crippen molar-refractivity contribution in [3.63, 3.8) is 0 Å². The van der Waals surface area contributed by atoms with E-state index in [9.17, 15) is 9.90 Å². The van der Waals surface area contributed by atoms with E-state index in [1.54, 1.807) is 0 Å². The molecule has 0 radical (unpaired) electrons. The quantitative estimate of drug-likeness (QED) is 0.276. The van der Waals surface area contributed by atoms with Gasteiger partial charge in [-0.05, 0) is 75.7 Å². The second-order valence-electron chi connectivity index (χ2n) is 12.2. The maximum absolute atomic E-state index is 12.9. The molecule has 1 aliphatic heterocycles. The van der Waals surface area contributed by atoms with E-state index in [1.165, 1.54) is 5.56 Å². The van der Waals surface area contributed by atoms with Gasteiger partial charge in [0.1, 0.15) is 0 Å². The Labute approximate surface area is 251 Å². The molecule has 0 spiro atoms. The van der Waals surface area contributed by atoms with Crippen molar-refractivity contribution in [2.24, 2.45) is 5.92 Å². The molecule has 43 heavy (non-hydrogen) atoms. The van der Waals surface area contributed by atoms with Crippen LogP contribution in [-0.2, 0) is 11.3 Å². The Bertz CT molecular complexity index is 1730. The third-order valence-corrected chi connectivity index (χ3v) is 9.10. The Morgan fingerprint density at radius 3 is 2.42 bits per heavy atom. The predicted molar refractivity (Wildman–Crippen MR) is 168 cm³/mol. The van der Waals surface area contributed by atoms with E-state index in [4.69, 9.17) is 4.98 Å². The SMILES string of the molecule is Cc1cc2ncc3cc(-c4ccccc4)c(-c4ccc(CN5CCC(C(=O)N[C@H]6CC[C@H](O)CC6)CC5)cc4)nc3n2n1. The van der Waals surface area contributed by atoms with Crippen molar-refractivity contribution in [2.45, 2.75) is 64.1 Å². The van der Waals surface area contributed by atoms with Crippen LogP contribution in [-0.4, -0.2) is 60.7 Å². The van der Waals surface area contributed by atoms with Gasteiger partial charge in [0, 0.05) is 47.3 Å². The van der Waals surface area contributed by atoms with Gasteiger partial charge in [-0.3, -0.25) is 9.69 Å². The lowest BCUT2D eigenvalue weighted by atomic mass is 9.91. The summed E-state index contributed by atoms with van der Waals surface area (Å²) in [6, 6.07) is 23.5. The summed E-state index contributed by atoms with van der Waals surface area (Å²) in [5.41, 5.74) is 7.91. The molecule has 5 aromatic rings. The molecule has 2 aliphatic rings. The van der Waals surface area contributed by atoms with Crippen LogP contribution in [0.25, 0.3) is 39.1 Å². The summed E-state index contributed by atoms with van der Waals surface area (Å²) >= 11 is 0. The van der Waals surface area contributed by atoms with Gasteiger partial charge >= 0.3 is 0 Å². The number of hydrogen-bond donors (Lipinski definition) is 2. The first-order chi connectivity index (χ1) is 21.0. The second-order valence-corrected chi connectivity index (χ2v) is 12.2. The number of likely N-dealkylation sites (tertiary alicyclic amines) is 1. The van der Waals surface area contributed by atoms with Crippen molar-refractivity contribution in [3.8, 4) is 22.4 Å². The van der Waals surface area contributed by atoms with E-state index in [2.05, 4.69) is 74.9 Å². The molecule has 2 fully saturated rings. The Morgan fingerprint density at radius 2 is 1.67 bits per heavy atom. The fraction of sp³-hybridized carbons (Fsp3) is 0.371. The maximum Gasteiger partial charge on any atom is 0.223 e. The highest BCUT2D eigenvalue weighted by Crippen LogP contribution is 2.34. The number of hydrogen-bond acceptors (Lipinski definition) is 6. The summed E-state index contributed by atoms with van der Waals surface area (Å²) in [7, 11) is 0. The number of aliphatic hydroxyl groups excluding tert-OH is 1. The van der Waals surface area contributed by atoms with E-state index in [0.717, 1.165) is 103 Å². The van der Waals surface area contributed by atoms with Crippen LogP contribution in [0.1, 0.15) is 49.8 Å². The molecule has 2 aromatic carbocycles. The number of aliphatic hydroxyl groups is 1. The number of benzene rings is 2. The monoisotopic (exact) mass is 574 g/mol. The van der Waals surface area contributed by atoms with E-state index in [0.29, 0.717) is 0 Å². The van der Waals surface area contributed by atoms with E-state index in [1.807, 2.05) is 29.8 Å². The van der Waals surface area contributed by atoms with Gasteiger partial charge in [0.15, 0.2) is 11.3 Å². The van der Waals surface area contributed by atoms with Gasteiger partial charge in [-0.1, -0.05) is 54.6 Å². The molecule has 7 rings (SSSR count). The van der Waals surface area contributed by atoms with Crippen LogP contribution < -0.4 is 5.32 Å². The molecule has 2 N–H and O–H groups in total. The summed E-state index contributed by atoms with van der Waals surface area (Å²) in [4.78, 5) is 25.1. The minimum absolute atomic E-state index is 0.0844. The van der Waals surface area contributed by atoms with Crippen molar-refractivity contribution in [1.29, 1.82) is 0 Å². The number of piperidine rings is 1. The van der Waals surface area contributed by atoms with Crippen LogP contribution in [0.2, 0.25) is 0 Å². The lowest BCUT2D eigenvalue weighted by Crippen LogP contribution is -2.45. The highest BCUT2D eigenvalue weighted by atomic mass is 16.3. The van der Waals surface area contributed by atoms with Crippen molar-refractivity contribution in [2.75, 3.05) is 13.1 Å². The van der Waals surface area contributed by atoms with Gasteiger partial charge in [-0.2, -0.15) is 9.61 Å². The number of rotatable bonds is 6. The van der Waals surface area contributed by atoms with Crippen molar-refractivity contribution < 1.29 is 9.90 Å². The lowest BCUT2D eigenvalue weighted by Gasteiger charge is -2.33. The number of carbonyl (C=O) groups is 1.